The molecule has 2 heterocycles. The summed E-state index contributed by atoms with van der Waals surface area (Å²) in [6, 6.07) is 13.9. The summed E-state index contributed by atoms with van der Waals surface area (Å²) in [6.45, 7) is 1.87. The number of halogens is 1. The van der Waals surface area contributed by atoms with Gasteiger partial charge in [-0.3, -0.25) is 4.79 Å². The van der Waals surface area contributed by atoms with Crippen molar-refractivity contribution in [2.45, 2.75) is 19.4 Å². The van der Waals surface area contributed by atoms with Crippen molar-refractivity contribution < 1.29 is 13.9 Å². The third-order valence-electron chi connectivity index (χ3n) is 5.49. The number of carbonyl (C=O) groups excluding carboxylic acids is 1. The average Bonchev–Trinajstić information content (AvgIpc) is 2.83. The molecule has 0 aliphatic carbocycles. The molecule has 1 atom stereocenters. The van der Waals surface area contributed by atoms with Gasteiger partial charge in [0.25, 0.3) is 0 Å². The molecular formula is C24H25FN4O2. The monoisotopic (exact) mass is 420 g/mol. The average molecular weight is 420 g/mol. The zero-order valence-electron chi connectivity index (χ0n) is 17.4. The number of piperidine rings is 1. The number of hydrogen-bond donors (Lipinski definition) is 1. The van der Waals surface area contributed by atoms with Crippen molar-refractivity contribution in [1.82, 2.24) is 15.3 Å². The Bertz CT molecular complexity index is 1020. The van der Waals surface area contributed by atoms with Crippen LogP contribution in [0, 0.1) is 11.7 Å². The minimum atomic E-state index is -0.273. The number of nitrogens with one attached hydrogen (secondary N) is 1. The Morgan fingerprint density at radius 2 is 1.94 bits per heavy atom. The lowest BCUT2D eigenvalue weighted by Gasteiger charge is -2.32. The number of amides is 1. The number of aromatic nitrogens is 2. The highest BCUT2D eigenvalue weighted by Gasteiger charge is 2.27. The lowest BCUT2D eigenvalue weighted by molar-refractivity contribution is -0.125. The van der Waals surface area contributed by atoms with Gasteiger partial charge in [-0.1, -0.05) is 24.3 Å². The van der Waals surface area contributed by atoms with Crippen LogP contribution in [-0.2, 0) is 11.3 Å². The highest BCUT2D eigenvalue weighted by atomic mass is 19.1. The molecule has 1 aliphatic rings. The molecule has 1 aliphatic heterocycles. The maximum Gasteiger partial charge on any atom is 0.225 e. The van der Waals surface area contributed by atoms with Crippen molar-refractivity contribution in [2.75, 3.05) is 25.1 Å². The Hall–Kier alpha value is -3.48. The Morgan fingerprint density at radius 3 is 2.68 bits per heavy atom. The molecule has 3 aromatic rings. The van der Waals surface area contributed by atoms with E-state index in [1.165, 1.54) is 12.1 Å². The van der Waals surface area contributed by atoms with Crippen LogP contribution in [0.2, 0.25) is 0 Å². The van der Waals surface area contributed by atoms with Crippen LogP contribution in [0.4, 0.5) is 10.3 Å². The Kier molecular flexibility index (Phi) is 6.40. The first-order valence-electron chi connectivity index (χ1n) is 10.4. The minimum Gasteiger partial charge on any atom is -0.497 e. The minimum absolute atomic E-state index is 0.0375. The van der Waals surface area contributed by atoms with Crippen LogP contribution < -0.4 is 15.0 Å². The standard InChI is InChI=1S/C24H25FN4O2/c1-31-22-6-2-4-17(12-22)13-26-23(30)19-5-3-11-29(16-19)24-27-14-20(15-28-24)18-7-9-21(25)10-8-18/h2,4,6-10,12,14-15,19H,3,5,11,13,16H2,1H3,(H,26,30). The van der Waals surface area contributed by atoms with E-state index in [1.807, 2.05) is 29.2 Å². The number of methoxy groups -OCH3 is 1. The van der Waals surface area contributed by atoms with Crippen molar-refractivity contribution in [3.8, 4) is 16.9 Å². The SMILES string of the molecule is COc1cccc(CNC(=O)C2CCCN(c3ncc(-c4ccc(F)cc4)cn3)C2)c1. The van der Waals surface area contributed by atoms with Crippen molar-refractivity contribution in [3.05, 3.63) is 72.3 Å². The van der Waals surface area contributed by atoms with Gasteiger partial charge in [-0.2, -0.15) is 0 Å². The van der Waals surface area contributed by atoms with Gasteiger partial charge in [0.1, 0.15) is 11.6 Å². The number of rotatable bonds is 6. The molecule has 0 radical (unpaired) electrons. The predicted octanol–water partition coefficient (Wildman–Crippen LogP) is 3.82. The van der Waals surface area contributed by atoms with Gasteiger partial charge < -0.3 is 15.0 Å². The van der Waals surface area contributed by atoms with Crippen LogP contribution in [0.15, 0.2) is 60.9 Å². The van der Waals surface area contributed by atoms with Crippen molar-refractivity contribution >= 4 is 11.9 Å². The molecular weight excluding hydrogens is 395 g/mol. The number of benzene rings is 2. The molecule has 7 heteroatoms. The van der Waals surface area contributed by atoms with Crippen LogP contribution in [0.5, 0.6) is 5.75 Å². The zero-order chi connectivity index (χ0) is 21.6. The lowest BCUT2D eigenvalue weighted by Crippen LogP contribution is -2.43. The Labute approximate surface area is 181 Å². The summed E-state index contributed by atoms with van der Waals surface area (Å²) in [5.41, 5.74) is 2.69. The maximum absolute atomic E-state index is 13.1. The van der Waals surface area contributed by atoms with Gasteiger partial charge in [0.05, 0.1) is 13.0 Å². The van der Waals surface area contributed by atoms with E-state index in [0.717, 1.165) is 41.8 Å². The van der Waals surface area contributed by atoms with E-state index in [4.69, 9.17) is 4.74 Å². The second kappa shape index (κ2) is 9.55. The van der Waals surface area contributed by atoms with E-state index < -0.39 is 0 Å². The van der Waals surface area contributed by atoms with Crippen molar-refractivity contribution in [1.29, 1.82) is 0 Å². The van der Waals surface area contributed by atoms with Crippen LogP contribution in [-0.4, -0.2) is 36.1 Å². The summed E-state index contributed by atoms with van der Waals surface area (Å²) < 4.78 is 18.4. The van der Waals surface area contributed by atoms with Crippen LogP contribution in [0.1, 0.15) is 18.4 Å². The van der Waals surface area contributed by atoms with E-state index in [-0.39, 0.29) is 17.6 Å². The van der Waals surface area contributed by atoms with Gasteiger partial charge in [-0.15, -0.1) is 0 Å². The molecule has 0 saturated carbocycles. The van der Waals surface area contributed by atoms with E-state index in [9.17, 15) is 9.18 Å². The summed E-state index contributed by atoms with van der Waals surface area (Å²) in [4.78, 5) is 23.7. The fraction of sp³-hybridized carbons (Fsp3) is 0.292. The molecule has 1 saturated heterocycles. The summed E-state index contributed by atoms with van der Waals surface area (Å²) in [5.74, 6) is 1.04. The number of nitrogens with zero attached hydrogens (tertiary/aromatic N) is 3. The fourth-order valence-electron chi connectivity index (χ4n) is 3.76. The Morgan fingerprint density at radius 1 is 1.16 bits per heavy atom. The largest absolute Gasteiger partial charge is 0.497 e. The fourth-order valence-corrected chi connectivity index (χ4v) is 3.76. The highest BCUT2D eigenvalue weighted by Crippen LogP contribution is 2.23. The van der Waals surface area contributed by atoms with Crippen LogP contribution >= 0.6 is 0 Å². The summed E-state index contributed by atoms with van der Waals surface area (Å²) in [6.07, 6.45) is 5.22. The molecule has 1 unspecified atom stereocenters. The molecule has 4 rings (SSSR count). The van der Waals surface area contributed by atoms with Gasteiger partial charge in [0, 0.05) is 37.6 Å². The van der Waals surface area contributed by atoms with Gasteiger partial charge >= 0.3 is 0 Å². The molecule has 2 aromatic carbocycles. The first-order valence-corrected chi connectivity index (χ1v) is 10.4. The molecule has 160 valence electrons. The van der Waals surface area contributed by atoms with Gasteiger partial charge in [0.2, 0.25) is 11.9 Å². The van der Waals surface area contributed by atoms with E-state index in [2.05, 4.69) is 15.3 Å². The smallest absolute Gasteiger partial charge is 0.225 e. The van der Waals surface area contributed by atoms with Crippen LogP contribution in [0.3, 0.4) is 0 Å². The van der Waals surface area contributed by atoms with Gasteiger partial charge in [0.15, 0.2) is 0 Å². The second-order valence-electron chi connectivity index (χ2n) is 7.63. The number of anilines is 1. The van der Waals surface area contributed by atoms with Crippen molar-refractivity contribution in [2.24, 2.45) is 5.92 Å². The third-order valence-corrected chi connectivity index (χ3v) is 5.49. The lowest BCUT2D eigenvalue weighted by atomic mass is 9.97. The normalized spacial score (nSPS) is 16.1. The quantitative estimate of drug-likeness (QED) is 0.657. The van der Waals surface area contributed by atoms with E-state index in [1.54, 1.807) is 31.6 Å². The summed E-state index contributed by atoms with van der Waals surface area (Å²) >= 11 is 0. The van der Waals surface area contributed by atoms with Crippen molar-refractivity contribution in [3.63, 3.8) is 0 Å². The molecule has 0 bridgehead atoms. The summed E-state index contributed by atoms with van der Waals surface area (Å²) in [7, 11) is 1.63. The van der Waals surface area contributed by atoms with Gasteiger partial charge in [-0.25, -0.2) is 14.4 Å². The highest BCUT2D eigenvalue weighted by molar-refractivity contribution is 5.79. The molecule has 6 nitrogen and oxygen atoms in total. The van der Waals surface area contributed by atoms with E-state index >= 15 is 0 Å². The molecule has 1 aromatic heterocycles. The molecule has 0 spiro atoms. The zero-order valence-corrected chi connectivity index (χ0v) is 17.4. The number of ether oxygens (including phenoxy) is 1. The first kappa shape index (κ1) is 20.8. The summed E-state index contributed by atoms with van der Waals surface area (Å²) in [5, 5.41) is 3.03. The van der Waals surface area contributed by atoms with E-state index in [0.29, 0.717) is 19.0 Å². The van der Waals surface area contributed by atoms with Crippen LogP contribution in [0.25, 0.3) is 11.1 Å². The molecule has 1 fully saturated rings. The molecule has 31 heavy (non-hydrogen) atoms. The second-order valence-corrected chi connectivity index (χ2v) is 7.63. The predicted molar refractivity (Wildman–Crippen MR) is 117 cm³/mol. The Balaban J connectivity index is 1.36. The first-order chi connectivity index (χ1) is 15.1. The molecule has 1 amide bonds. The maximum atomic E-state index is 13.1. The third kappa shape index (κ3) is 5.17. The molecule has 1 N–H and O–H groups in total. The number of carbonyl (C=O) groups is 1. The van der Waals surface area contributed by atoms with Gasteiger partial charge in [-0.05, 0) is 48.2 Å². The topological polar surface area (TPSA) is 67.3 Å². The number of hydrogen-bond acceptors (Lipinski definition) is 5.